The molecular formula is C33H27N2Pt-3. The summed E-state index contributed by atoms with van der Waals surface area (Å²) in [6.45, 7) is 6.70. The van der Waals surface area contributed by atoms with E-state index in [1.54, 1.807) is 0 Å². The molecule has 4 aromatic carbocycles. The minimum atomic E-state index is 0. The Labute approximate surface area is 228 Å². The van der Waals surface area contributed by atoms with Crippen LogP contribution in [0.4, 0.5) is 17.1 Å². The zero-order valence-electron chi connectivity index (χ0n) is 20.6. The van der Waals surface area contributed by atoms with Crippen molar-refractivity contribution in [3.05, 3.63) is 133 Å². The molecule has 0 atom stereocenters. The second kappa shape index (κ2) is 11.1. The first kappa shape index (κ1) is 25.6. The van der Waals surface area contributed by atoms with Crippen LogP contribution >= 0.6 is 0 Å². The first-order valence-electron chi connectivity index (χ1n) is 11.8. The van der Waals surface area contributed by atoms with Crippen molar-refractivity contribution in [2.75, 3.05) is 4.90 Å². The van der Waals surface area contributed by atoms with Crippen LogP contribution in [0.15, 0.2) is 109 Å². The summed E-state index contributed by atoms with van der Waals surface area (Å²) in [4.78, 5) is 6.73. The van der Waals surface area contributed by atoms with E-state index in [0.29, 0.717) is 0 Å². The SMILES string of the molecule is CC(C)(C)c1ccc(N(c2[c-]c(-c3[c-]cccc3)ccc2)c2[c-]c(-c3ccccn3)ccc2)cc1.[Pt]. The van der Waals surface area contributed by atoms with Crippen LogP contribution in [-0.4, -0.2) is 4.98 Å². The third kappa shape index (κ3) is 5.66. The fraction of sp³-hybridized carbons (Fsp3) is 0.121. The molecule has 0 spiro atoms. The van der Waals surface area contributed by atoms with Gasteiger partial charge >= 0.3 is 0 Å². The van der Waals surface area contributed by atoms with E-state index in [1.165, 1.54) is 5.56 Å². The van der Waals surface area contributed by atoms with Gasteiger partial charge in [-0.3, -0.25) is 0 Å². The van der Waals surface area contributed by atoms with Crippen molar-refractivity contribution in [1.82, 2.24) is 4.98 Å². The van der Waals surface area contributed by atoms with Gasteiger partial charge in [-0.1, -0.05) is 45.0 Å². The van der Waals surface area contributed by atoms with Crippen LogP contribution in [0, 0.1) is 18.2 Å². The maximum Gasteiger partial charge on any atom is 0.0428 e. The molecule has 2 nitrogen and oxygen atoms in total. The summed E-state index contributed by atoms with van der Waals surface area (Å²) >= 11 is 0. The zero-order valence-corrected chi connectivity index (χ0v) is 22.9. The standard InChI is InChI=1S/C33H27N2.Pt/c1-33(2,3)28-18-20-29(21-19-28)35(30-15-9-13-26(23-30)25-11-5-4-6-12-25)31-16-10-14-27(24-31)32-17-7-8-22-34-32;/h4-11,13-22H,1-3H3;/q-3;. The van der Waals surface area contributed by atoms with Gasteiger partial charge in [0.05, 0.1) is 0 Å². The van der Waals surface area contributed by atoms with E-state index in [1.807, 2.05) is 48.7 Å². The number of pyridine rings is 1. The average molecular weight is 647 g/mol. The molecular weight excluding hydrogens is 619 g/mol. The van der Waals surface area contributed by atoms with Crippen molar-refractivity contribution in [3.8, 4) is 22.4 Å². The van der Waals surface area contributed by atoms with Gasteiger partial charge in [-0.05, 0) is 46.2 Å². The molecule has 0 bridgehead atoms. The predicted octanol–water partition coefficient (Wildman–Crippen LogP) is 8.58. The second-order valence-electron chi connectivity index (χ2n) is 9.52. The van der Waals surface area contributed by atoms with E-state index in [-0.39, 0.29) is 26.5 Å². The first-order chi connectivity index (χ1) is 17.0. The Bertz CT molecular complexity index is 1320. The molecule has 0 amide bonds. The van der Waals surface area contributed by atoms with Crippen LogP contribution < -0.4 is 4.90 Å². The summed E-state index contributed by atoms with van der Waals surface area (Å²) in [5, 5.41) is 0. The van der Waals surface area contributed by atoms with E-state index in [4.69, 9.17) is 0 Å². The number of anilines is 3. The van der Waals surface area contributed by atoms with Crippen molar-refractivity contribution in [3.63, 3.8) is 0 Å². The molecule has 0 aliphatic rings. The average Bonchev–Trinajstić information content (AvgIpc) is 2.90. The summed E-state index contributed by atoms with van der Waals surface area (Å²) in [5.74, 6) is 0. The molecule has 5 aromatic rings. The van der Waals surface area contributed by atoms with Gasteiger partial charge in [0.1, 0.15) is 0 Å². The zero-order chi connectivity index (χ0) is 24.3. The summed E-state index contributed by atoms with van der Waals surface area (Å²) in [5.41, 5.74) is 8.18. The van der Waals surface area contributed by atoms with Crippen molar-refractivity contribution >= 4 is 17.1 Å². The second-order valence-corrected chi connectivity index (χ2v) is 9.52. The first-order valence-corrected chi connectivity index (χ1v) is 11.8. The van der Waals surface area contributed by atoms with Crippen molar-refractivity contribution in [2.45, 2.75) is 26.2 Å². The number of nitrogens with zero attached hydrogens (tertiary/aromatic N) is 2. The van der Waals surface area contributed by atoms with Gasteiger partial charge in [0.2, 0.25) is 0 Å². The third-order valence-electron chi connectivity index (χ3n) is 5.97. The van der Waals surface area contributed by atoms with Gasteiger partial charge in [-0.2, -0.15) is 42.5 Å². The van der Waals surface area contributed by atoms with Crippen LogP contribution in [0.2, 0.25) is 0 Å². The fourth-order valence-corrected chi connectivity index (χ4v) is 4.08. The smallest absolute Gasteiger partial charge is 0.0428 e. The predicted molar refractivity (Wildman–Crippen MR) is 145 cm³/mol. The fourth-order valence-electron chi connectivity index (χ4n) is 4.08. The molecule has 1 heterocycles. The molecule has 0 saturated heterocycles. The van der Waals surface area contributed by atoms with E-state index in [2.05, 4.69) is 110 Å². The number of hydrogen-bond acceptors (Lipinski definition) is 2. The largest absolute Gasteiger partial charge is 0.347 e. The number of aromatic nitrogens is 1. The molecule has 182 valence electrons. The summed E-state index contributed by atoms with van der Waals surface area (Å²) in [6, 6.07) is 45.7. The van der Waals surface area contributed by atoms with Crippen LogP contribution in [0.1, 0.15) is 26.3 Å². The number of rotatable bonds is 5. The van der Waals surface area contributed by atoms with Gasteiger partial charge in [-0.15, -0.1) is 42.0 Å². The number of hydrogen-bond donors (Lipinski definition) is 0. The Balaban J connectivity index is 0.00000304. The quantitative estimate of drug-likeness (QED) is 0.178. The normalized spacial score (nSPS) is 11.0. The van der Waals surface area contributed by atoms with E-state index < -0.39 is 0 Å². The van der Waals surface area contributed by atoms with E-state index in [9.17, 15) is 0 Å². The number of benzene rings is 4. The van der Waals surface area contributed by atoms with Crippen molar-refractivity contribution < 1.29 is 21.1 Å². The van der Waals surface area contributed by atoms with Crippen molar-refractivity contribution in [2.24, 2.45) is 0 Å². The molecule has 36 heavy (non-hydrogen) atoms. The maximum absolute atomic E-state index is 4.53. The Morgan fingerprint density at radius 2 is 1.28 bits per heavy atom. The molecule has 0 aliphatic heterocycles. The van der Waals surface area contributed by atoms with Crippen LogP contribution in [-0.2, 0) is 26.5 Å². The molecule has 1 aromatic heterocycles. The van der Waals surface area contributed by atoms with E-state index in [0.717, 1.165) is 39.4 Å². The summed E-state index contributed by atoms with van der Waals surface area (Å²) in [6.07, 6.45) is 1.81. The molecule has 0 saturated carbocycles. The summed E-state index contributed by atoms with van der Waals surface area (Å²) in [7, 11) is 0. The van der Waals surface area contributed by atoms with Gasteiger partial charge in [-0.25, -0.2) is 11.1 Å². The van der Waals surface area contributed by atoms with Crippen LogP contribution in [0.5, 0.6) is 0 Å². The van der Waals surface area contributed by atoms with Gasteiger partial charge in [0, 0.05) is 32.9 Å². The van der Waals surface area contributed by atoms with Crippen LogP contribution in [0.3, 0.4) is 0 Å². The van der Waals surface area contributed by atoms with Gasteiger partial charge in [0.15, 0.2) is 0 Å². The van der Waals surface area contributed by atoms with Gasteiger partial charge < -0.3 is 9.88 Å². The molecule has 0 unspecified atom stereocenters. The minimum absolute atomic E-state index is 0. The third-order valence-corrected chi connectivity index (χ3v) is 5.97. The van der Waals surface area contributed by atoms with Crippen LogP contribution in [0.25, 0.3) is 22.4 Å². The maximum atomic E-state index is 4.53. The monoisotopic (exact) mass is 646 g/mol. The Hall–Kier alpha value is -3.48. The molecule has 5 rings (SSSR count). The van der Waals surface area contributed by atoms with Gasteiger partial charge in [0.25, 0.3) is 0 Å². The molecule has 0 N–H and O–H groups in total. The Kier molecular flexibility index (Phi) is 7.87. The van der Waals surface area contributed by atoms with E-state index >= 15 is 0 Å². The minimum Gasteiger partial charge on any atom is -0.347 e. The molecule has 0 fully saturated rings. The Morgan fingerprint density at radius 1 is 0.639 bits per heavy atom. The topological polar surface area (TPSA) is 16.1 Å². The molecule has 0 radical (unpaired) electrons. The van der Waals surface area contributed by atoms with Crippen molar-refractivity contribution in [1.29, 1.82) is 0 Å². The molecule has 0 aliphatic carbocycles. The summed E-state index contributed by atoms with van der Waals surface area (Å²) < 4.78 is 0. The Morgan fingerprint density at radius 3 is 1.89 bits per heavy atom. The molecule has 3 heteroatoms.